The summed E-state index contributed by atoms with van der Waals surface area (Å²) in [5, 5.41) is 6.18. The van der Waals surface area contributed by atoms with Crippen molar-refractivity contribution in [1.29, 1.82) is 0 Å². The molecule has 0 spiro atoms. The fourth-order valence-corrected chi connectivity index (χ4v) is 3.77. The number of hydrogen-bond donors (Lipinski definition) is 2. The van der Waals surface area contributed by atoms with Crippen molar-refractivity contribution >= 4 is 26.1 Å². The van der Waals surface area contributed by atoms with Crippen LogP contribution < -0.4 is 9.86 Å². The molecule has 2 aromatic carbocycles. The van der Waals surface area contributed by atoms with Crippen LogP contribution in [-0.4, -0.2) is 16.8 Å². The van der Waals surface area contributed by atoms with E-state index in [2.05, 4.69) is 4.72 Å². The normalized spacial score (nSPS) is 13.9. The third-order valence-corrected chi connectivity index (χ3v) is 5.63. The average Bonchev–Trinajstić information content (AvgIpc) is 2.53. The number of hydrogen-bond acceptors (Lipinski definition) is 4. The summed E-state index contributed by atoms with van der Waals surface area (Å²) in [5.74, 6) is 0. The molecule has 2 aromatic rings. The Morgan fingerprint density at radius 2 is 1.68 bits per heavy atom. The van der Waals surface area contributed by atoms with Crippen LogP contribution in [-0.2, 0) is 20.0 Å². The van der Waals surface area contributed by atoms with Gasteiger partial charge < -0.3 is 0 Å². The molecule has 2 rings (SSSR count). The predicted octanol–water partition coefficient (Wildman–Crippen LogP) is 2.29. The zero-order chi connectivity index (χ0) is 18.7. The van der Waals surface area contributed by atoms with Gasteiger partial charge in [-0.3, -0.25) is 0 Å². The zero-order valence-corrected chi connectivity index (χ0v) is 15.5. The highest BCUT2D eigenvalue weighted by atomic mass is 32.2. The zero-order valence-electron chi connectivity index (χ0n) is 13.9. The van der Waals surface area contributed by atoms with Crippen LogP contribution in [0, 0.1) is 6.92 Å². The molecule has 1 unspecified atom stereocenters. The lowest BCUT2D eigenvalue weighted by Gasteiger charge is -2.13. The monoisotopic (exact) mass is 380 g/mol. The smallest absolute Gasteiger partial charge is 0.225 e. The molecule has 0 bridgehead atoms. The summed E-state index contributed by atoms with van der Waals surface area (Å²) in [7, 11) is -7.54. The van der Waals surface area contributed by atoms with Gasteiger partial charge in [0.05, 0.1) is 4.90 Å². The quantitative estimate of drug-likeness (QED) is 0.802. The molecule has 25 heavy (non-hydrogen) atoms. The van der Waals surface area contributed by atoms with Crippen molar-refractivity contribution in [3.05, 3.63) is 70.6 Å². The first kappa shape index (κ1) is 19.3. The molecule has 0 saturated heterocycles. The number of aryl methyl sites for hydroxylation is 1. The second-order valence-electron chi connectivity index (χ2n) is 5.72. The molecule has 3 N–H and O–H groups in total. The number of benzene rings is 2. The summed E-state index contributed by atoms with van der Waals surface area (Å²) in [4.78, 5) is -0.0637. The molecule has 0 saturated carbocycles. The van der Waals surface area contributed by atoms with E-state index in [9.17, 15) is 16.8 Å². The second kappa shape index (κ2) is 7.49. The van der Waals surface area contributed by atoms with Crippen LogP contribution in [0.2, 0.25) is 0 Å². The minimum atomic E-state index is -3.84. The van der Waals surface area contributed by atoms with Crippen molar-refractivity contribution in [2.24, 2.45) is 5.14 Å². The Bertz CT molecular complexity index is 980. The fourth-order valence-electron chi connectivity index (χ4n) is 2.16. The topological polar surface area (TPSA) is 106 Å². The minimum absolute atomic E-state index is 0.0637. The lowest BCUT2D eigenvalue weighted by Crippen LogP contribution is -2.25. The van der Waals surface area contributed by atoms with Gasteiger partial charge >= 0.3 is 0 Å². The molecule has 134 valence electrons. The van der Waals surface area contributed by atoms with Gasteiger partial charge in [-0.25, -0.2) is 26.7 Å². The summed E-state index contributed by atoms with van der Waals surface area (Å²) < 4.78 is 49.7. The number of nitrogens with one attached hydrogen (secondary N) is 1. The molecule has 0 amide bonds. The number of rotatable bonds is 6. The van der Waals surface area contributed by atoms with E-state index in [1.165, 1.54) is 24.3 Å². The van der Waals surface area contributed by atoms with Crippen LogP contribution in [0.4, 0.5) is 0 Å². The maximum Gasteiger partial charge on any atom is 0.238 e. The van der Waals surface area contributed by atoms with Crippen LogP contribution >= 0.6 is 0 Å². The van der Waals surface area contributed by atoms with E-state index in [0.29, 0.717) is 5.56 Å². The largest absolute Gasteiger partial charge is 0.238 e. The van der Waals surface area contributed by atoms with Gasteiger partial charge in [0.2, 0.25) is 20.0 Å². The summed E-state index contributed by atoms with van der Waals surface area (Å²) in [6.45, 7) is 3.57. The molecule has 0 aliphatic rings. The fraction of sp³-hybridized carbons (Fsp3) is 0.176. The van der Waals surface area contributed by atoms with E-state index in [4.69, 9.17) is 5.14 Å². The number of primary sulfonamides is 1. The maximum absolute atomic E-state index is 12.2. The van der Waals surface area contributed by atoms with Gasteiger partial charge in [0, 0.05) is 11.4 Å². The molecule has 0 aliphatic heterocycles. The third-order valence-electron chi connectivity index (χ3n) is 3.54. The molecule has 0 fully saturated rings. The standard InChI is InChI=1S/C17H20N2O4S2/c1-13-6-8-15(9-7-13)10-11-24(20,21)19-14(2)16-4-3-5-17(12-16)25(18,22)23/h3-12,14,19H,1-2H3,(H2,18,22,23)/b11-10+. The Morgan fingerprint density at radius 1 is 1.04 bits per heavy atom. The van der Waals surface area contributed by atoms with Crippen molar-refractivity contribution in [2.75, 3.05) is 0 Å². The highest BCUT2D eigenvalue weighted by Gasteiger charge is 2.15. The van der Waals surface area contributed by atoms with Crippen molar-refractivity contribution in [3.8, 4) is 0 Å². The van der Waals surface area contributed by atoms with Gasteiger partial charge in [-0.1, -0.05) is 42.0 Å². The molecule has 0 aliphatic carbocycles. The van der Waals surface area contributed by atoms with E-state index in [1.807, 2.05) is 31.2 Å². The molecule has 8 heteroatoms. The molecule has 0 aromatic heterocycles. The first-order chi connectivity index (χ1) is 11.6. The molecule has 0 radical (unpaired) electrons. The van der Waals surface area contributed by atoms with Crippen molar-refractivity contribution in [2.45, 2.75) is 24.8 Å². The summed E-state index contributed by atoms with van der Waals surface area (Å²) >= 11 is 0. The van der Waals surface area contributed by atoms with Crippen LogP contribution in [0.15, 0.2) is 58.8 Å². The van der Waals surface area contributed by atoms with Gasteiger partial charge in [0.1, 0.15) is 0 Å². The highest BCUT2D eigenvalue weighted by Crippen LogP contribution is 2.18. The number of sulfonamides is 2. The highest BCUT2D eigenvalue weighted by molar-refractivity contribution is 7.92. The first-order valence-corrected chi connectivity index (χ1v) is 10.6. The van der Waals surface area contributed by atoms with Gasteiger partial charge in [0.25, 0.3) is 0 Å². The first-order valence-electron chi connectivity index (χ1n) is 7.47. The van der Waals surface area contributed by atoms with Gasteiger partial charge in [0.15, 0.2) is 0 Å². The summed E-state index contributed by atoms with van der Waals surface area (Å²) in [6.07, 6.45) is 1.50. The molecule has 1 atom stereocenters. The third kappa shape index (κ3) is 5.79. The summed E-state index contributed by atoms with van der Waals surface area (Å²) in [5.41, 5.74) is 2.35. The Labute approximate surface area is 148 Å². The van der Waals surface area contributed by atoms with Gasteiger partial charge in [-0.05, 0) is 43.2 Å². The Balaban J connectivity index is 2.16. The SMILES string of the molecule is Cc1ccc(/C=C/S(=O)(=O)NC(C)c2cccc(S(N)(=O)=O)c2)cc1. The minimum Gasteiger partial charge on any atom is -0.225 e. The van der Waals surface area contributed by atoms with Crippen LogP contribution in [0.3, 0.4) is 0 Å². The number of nitrogens with two attached hydrogens (primary N) is 1. The van der Waals surface area contributed by atoms with E-state index in [0.717, 1.165) is 16.5 Å². The molecular weight excluding hydrogens is 360 g/mol. The summed E-state index contributed by atoms with van der Waals surface area (Å²) in [6, 6.07) is 12.7. The van der Waals surface area contributed by atoms with E-state index in [-0.39, 0.29) is 4.90 Å². The average molecular weight is 380 g/mol. The van der Waals surface area contributed by atoms with Crippen molar-refractivity contribution in [3.63, 3.8) is 0 Å². The lowest BCUT2D eigenvalue weighted by molar-refractivity contribution is 0.576. The van der Waals surface area contributed by atoms with Crippen LogP contribution in [0.25, 0.3) is 6.08 Å². The van der Waals surface area contributed by atoms with E-state index >= 15 is 0 Å². The molecular formula is C17H20N2O4S2. The van der Waals surface area contributed by atoms with Crippen molar-refractivity contribution < 1.29 is 16.8 Å². The van der Waals surface area contributed by atoms with Crippen LogP contribution in [0.5, 0.6) is 0 Å². The Hall–Kier alpha value is -2.00. The van der Waals surface area contributed by atoms with E-state index < -0.39 is 26.1 Å². The van der Waals surface area contributed by atoms with Gasteiger partial charge in [-0.15, -0.1) is 0 Å². The lowest BCUT2D eigenvalue weighted by atomic mass is 10.1. The predicted molar refractivity (Wildman–Crippen MR) is 98.5 cm³/mol. The van der Waals surface area contributed by atoms with Crippen LogP contribution in [0.1, 0.15) is 29.7 Å². The Morgan fingerprint density at radius 3 is 2.28 bits per heavy atom. The Kier molecular flexibility index (Phi) is 5.79. The molecule has 6 nitrogen and oxygen atoms in total. The van der Waals surface area contributed by atoms with E-state index in [1.54, 1.807) is 13.0 Å². The second-order valence-corrected chi connectivity index (χ2v) is 8.87. The maximum atomic E-state index is 12.2. The van der Waals surface area contributed by atoms with Gasteiger partial charge in [-0.2, -0.15) is 0 Å². The van der Waals surface area contributed by atoms with Crippen molar-refractivity contribution in [1.82, 2.24) is 4.72 Å². The molecule has 0 heterocycles.